The zero-order valence-electron chi connectivity index (χ0n) is 11.6. The number of carbonyl (C=O) groups excluding carboxylic acids is 2. The van der Waals surface area contributed by atoms with Crippen LogP contribution >= 0.6 is 10.8 Å². The van der Waals surface area contributed by atoms with Crippen LogP contribution in [0.3, 0.4) is 0 Å². The quantitative estimate of drug-likeness (QED) is 0.550. The Hall–Kier alpha value is -1.52. The topological polar surface area (TPSA) is 111 Å². The van der Waals surface area contributed by atoms with Crippen LogP contribution < -0.4 is 0 Å². The second-order valence-electron chi connectivity index (χ2n) is 4.63. The number of furan rings is 1. The van der Waals surface area contributed by atoms with Crippen LogP contribution in [0.5, 0.6) is 0 Å². The van der Waals surface area contributed by atoms with E-state index in [1.807, 2.05) is 0 Å². The Balaban J connectivity index is 1.77. The molecule has 0 spiro atoms. The van der Waals surface area contributed by atoms with Crippen molar-refractivity contribution in [2.75, 3.05) is 31.9 Å². The molecule has 2 rings (SSSR count). The number of piperazine rings is 1. The molecule has 1 aromatic heterocycles. The van der Waals surface area contributed by atoms with Crippen molar-refractivity contribution >= 4 is 31.8 Å². The monoisotopic (exact) mass is 347 g/mol. The van der Waals surface area contributed by atoms with Crippen LogP contribution in [-0.2, 0) is 13.9 Å². The molecule has 8 nitrogen and oxygen atoms in total. The number of rotatable bonds is 5. The van der Waals surface area contributed by atoms with Crippen molar-refractivity contribution in [2.45, 2.75) is 6.42 Å². The molecule has 1 fully saturated rings. The highest BCUT2D eigenvalue weighted by atomic mass is 33.1. The Morgan fingerprint density at radius 1 is 1.23 bits per heavy atom. The van der Waals surface area contributed by atoms with Crippen molar-refractivity contribution in [3.05, 3.63) is 24.2 Å². The van der Waals surface area contributed by atoms with E-state index in [0.29, 0.717) is 26.2 Å². The van der Waals surface area contributed by atoms with Crippen molar-refractivity contribution in [1.29, 1.82) is 0 Å². The predicted molar refractivity (Wildman–Crippen MR) is 78.0 cm³/mol. The van der Waals surface area contributed by atoms with Crippen molar-refractivity contribution in [3.8, 4) is 0 Å². The summed E-state index contributed by atoms with van der Waals surface area (Å²) in [7, 11) is -4.14. The molecule has 122 valence electrons. The Morgan fingerprint density at radius 3 is 2.41 bits per heavy atom. The SMILES string of the molecule is O=C(CCSS(=O)(=O)[O-])N1CCN(C(=O)c2ccco2)CC1. The molecule has 0 aliphatic carbocycles. The van der Waals surface area contributed by atoms with E-state index in [0.717, 1.165) is 0 Å². The fourth-order valence-electron chi connectivity index (χ4n) is 2.10. The molecular formula is C12H15N2O6S2-. The van der Waals surface area contributed by atoms with Gasteiger partial charge in [-0.2, -0.15) is 0 Å². The van der Waals surface area contributed by atoms with Gasteiger partial charge in [-0.05, 0) is 22.9 Å². The van der Waals surface area contributed by atoms with E-state index in [4.69, 9.17) is 4.42 Å². The lowest BCUT2D eigenvalue weighted by Gasteiger charge is -2.34. The zero-order chi connectivity index (χ0) is 16.2. The van der Waals surface area contributed by atoms with Gasteiger partial charge >= 0.3 is 0 Å². The zero-order valence-corrected chi connectivity index (χ0v) is 13.3. The molecular weight excluding hydrogens is 332 g/mol. The van der Waals surface area contributed by atoms with Gasteiger partial charge in [-0.25, -0.2) is 8.42 Å². The maximum absolute atomic E-state index is 12.0. The molecule has 0 N–H and O–H groups in total. The minimum atomic E-state index is -4.36. The minimum absolute atomic E-state index is 0.0156. The average Bonchev–Trinajstić information content (AvgIpc) is 2.99. The third-order valence-corrected chi connectivity index (χ3v) is 5.22. The summed E-state index contributed by atoms with van der Waals surface area (Å²) in [6.45, 7) is 1.52. The molecule has 2 heterocycles. The van der Waals surface area contributed by atoms with Gasteiger partial charge in [-0.3, -0.25) is 9.59 Å². The van der Waals surface area contributed by atoms with Crippen molar-refractivity contribution in [1.82, 2.24) is 9.80 Å². The van der Waals surface area contributed by atoms with E-state index in [-0.39, 0.29) is 40.5 Å². The summed E-state index contributed by atoms with van der Waals surface area (Å²) in [6.07, 6.45) is 1.41. The lowest BCUT2D eigenvalue weighted by atomic mass is 10.2. The average molecular weight is 347 g/mol. The number of amides is 2. The number of nitrogens with zero attached hydrogens (tertiary/aromatic N) is 2. The van der Waals surface area contributed by atoms with Crippen molar-refractivity contribution in [3.63, 3.8) is 0 Å². The molecule has 1 aromatic rings. The van der Waals surface area contributed by atoms with Gasteiger partial charge in [-0.15, -0.1) is 0 Å². The van der Waals surface area contributed by atoms with Gasteiger partial charge in [0.25, 0.3) is 5.91 Å². The van der Waals surface area contributed by atoms with Crippen LogP contribution in [0.25, 0.3) is 0 Å². The van der Waals surface area contributed by atoms with Crippen LogP contribution in [0.1, 0.15) is 17.0 Å². The Labute approximate surface area is 131 Å². The molecule has 0 saturated carbocycles. The third-order valence-electron chi connectivity index (χ3n) is 3.20. The molecule has 0 bridgehead atoms. The lowest BCUT2D eigenvalue weighted by molar-refractivity contribution is -0.132. The van der Waals surface area contributed by atoms with Gasteiger partial charge in [0.15, 0.2) is 5.76 Å². The second kappa shape index (κ2) is 7.16. The normalized spacial score (nSPS) is 15.9. The summed E-state index contributed by atoms with van der Waals surface area (Å²) >= 11 is 0. The second-order valence-corrected chi connectivity index (χ2v) is 8.02. The summed E-state index contributed by atoms with van der Waals surface area (Å²) < 4.78 is 36.4. The van der Waals surface area contributed by atoms with Gasteiger partial charge in [-0.1, -0.05) is 0 Å². The van der Waals surface area contributed by atoms with Crippen LogP contribution in [0.15, 0.2) is 22.8 Å². The Kier molecular flexibility index (Phi) is 5.48. The molecule has 10 heteroatoms. The lowest BCUT2D eigenvalue weighted by Crippen LogP contribution is -2.50. The van der Waals surface area contributed by atoms with E-state index in [1.54, 1.807) is 21.9 Å². The molecule has 1 saturated heterocycles. The van der Waals surface area contributed by atoms with Gasteiger partial charge < -0.3 is 18.8 Å². The van der Waals surface area contributed by atoms with Gasteiger partial charge in [0.2, 0.25) is 5.91 Å². The van der Waals surface area contributed by atoms with Crippen LogP contribution in [0.4, 0.5) is 0 Å². The fraction of sp³-hybridized carbons (Fsp3) is 0.500. The molecule has 0 atom stereocenters. The van der Waals surface area contributed by atoms with Gasteiger partial charge in [0.1, 0.15) is 9.15 Å². The molecule has 0 aromatic carbocycles. The number of hydrogen-bond acceptors (Lipinski definition) is 7. The standard InChI is InChI=1S/C12H16N2O6S2/c15-11(3-9-21-22(17,18)19)13-4-6-14(7-5-13)12(16)10-2-1-8-20-10/h1-2,8H,3-7,9H2,(H,17,18,19)/p-1. The Bertz CT molecular complexity index is 620. The van der Waals surface area contributed by atoms with E-state index in [2.05, 4.69) is 0 Å². The summed E-state index contributed by atoms with van der Waals surface area (Å²) in [5, 5.41) is 0. The maximum Gasteiger partial charge on any atom is 0.289 e. The first-order valence-corrected chi connectivity index (χ1v) is 9.49. The molecule has 0 unspecified atom stereocenters. The van der Waals surface area contributed by atoms with Gasteiger partial charge in [0, 0.05) is 38.4 Å². The number of carbonyl (C=O) groups is 2. The summed E-state index contributed by atoms with van der Waals surface area (Å²) in [4.78, 5) is 27.1. The first-order chi connectivity index (χ1) is 10.4. The highest BCUT2D eigenvalue weighted by Gasteiger charge is 2.25. The molecule has 1 aliphatic rings. The van der Waals surface area contributed by atoms with Crippen LogP contribution in [0.2, 0.25) is 0 Å². The van der Waals surface area contributed by atoms with Crippen LogP contribution in [-0.4, -0.2) is 66.5 Å². The Morgan fingerprint density at radius 2 is 1.86 bits per heavy atom. The first kappa shape index (κ1) is 16.8. The van der Waals surface area contributed by atoms with Crippen LogP contribution in [0, 0.1) is 0 Å². The third kappa shape index (κ3) is 4.75. The number of hydrogen-bond donors (Lipinski definition) is 0. The fourth-order valence-corrected chi connectivity index (χ4v) is 3.43. The van der Waals surface area contributed by atoms with E-state index in [9.17, 15) is 22.6 Å². The molecule has 2 amide bonds. The van der Waals surface area contributed by atoms with E-state index >= 15 is 0 Å². The van der Waals surface area contributed by atoms with E-state index < -0.39 is 9.15 Å². The summed E-state index contributed by atoms with van der Waals surface area (Å²) in [6, 6.07) is 3.22. The van der Waals surface area contributed by atoms with Crippen molar-refractivity contribution < 1.29 is 27.0 Å². The van der Waals surface area contributed by atoms with Crippen molar-refractivity contribution in [2.24, 2.45) is 0 Å². The largest absolute Gasteiger partial charge is 0.739 e. The molecule has 22 heavy (non-hydrogen) atoms. The maximum atomic E-state index is 12.0. The molecule has 1 aliphatic heterocycles. The summed E-state index contributed by atoms with van der Waals surface area (Å²) in [5.74, 6) is -0.237. The predicted octanol–water partition coefficient (Wildman–Crippen LogP) is 0.147. The highest BCUT2D eigenvalue weighted by Crippen LogP contribution is 2.13. The van der Waals surface area contributed by atoms with E-state index in [1.165, 1.54) is 6.26 Å². The highest BCUT2D eigenvalue weighted by molar-refractivity contribution is 8.69. The van der Waals surface area contributed by atoms with Gasteiger partial charge in [0.05, 0.1) is 6.26 Å². The smallest absolute Gasteiger partial charge is 0.289 e. The molecule has 0 radical (unpaired) electrons. The summed E-state index contributed by atoms with van der Waals surface area (Å²) in [5.41, 5.74) is 0. The minimum Gasteiger partial charge on any atom is -0.739 e. The first-order valence-electron chi connectivity index (χ1n) is 6.57.